The minimum atomic E-state index is 0.0283. The third-order valence-corrected chi connectivity index (χ3v) is 3.05. The summed E-state index contributed by atoms with van der Waals surface area (Å²) in [5, 5.41) is 6.76. The summed E-state index contributed by atoms with van der Waals surface area (Å²) < 4.78 is 5.32. The van der Waals surface area contributed by atoms with Crippen molar-refractivity contribution in [1.82, 2.24) is 5.32 Å². The van der Waals surface area contributed by atoms with E-state index in [0.717, 1.165) is 12.3 Å². The molecule has 0 aromatic heterocycles. The maximum absolute atomic E-state index is 5.32. The minimum Gasteiger partial charge on any atom is -0.496 e. The molecular weight excluding hydrogens is 212 g/mol. The Kier molecular flexibility index (Phi) is 4.40. The highest BCUT2D eigenvalue weighted by molar-refractivity contribution is 5.59. The van der Waals surface area contributed by atoms with Crippen LogP contribution in [-0.2, 0) is 0 Å². The van der Waals surface area contributed by atoms with Crippen LogP contribution < -0.4 is 15.4 Å². The first kappa shape index (κ1) is 13.8. The second-order valence-electron chi connectivity index (χ2n) is 5.10. The maximum atomic E-state index is 5.32. The van der Waals surface area contributed by atoms with Gasteiger partial charge in [-0.3, -0.25) is 0 Å². The van der Waals surface area contributed by atoms with Crippen molar-refractivity contribution in [2.24, 2.45) is 0 Å². The van der Waals surface area contributed by atoms with Gasteiger partial charge in [-0.15, -0.1) is 0 Å². The Morgan fingerprint density at radius 3 is 2.35 bits per heavy atom. The van der Waals surface area contributed by atoms with Gasteiger partial charge < -0.3 is 15.4 Å². The highest BCUT2D eigenvalue weighted by Gasteiger charge is 2.18. The van der Waals surface area contributed by atoms with E-state index in [1.165, 1.54) is 16.8 Å². The van der Waals surface area contributed by atoms with Crippen molar-refractivity contribution < 1.29 is 4.74 Å². The summed E-state index contributed by atoms with van der Waals surface area (Å²) in [5.41, 5.74) is 3.63. The fraction of sp³-hybridized carbons (Fsp3) is 0.571. The highest BCUT2D eigenvalue weighted by Crippen LogP contribution is 2.28. The van der Waals surface area contributed by atoms with Gasteiger partial charge in [-0.1, -0.05) is 0 Å². The lowest BCUT2D eigenvalue weighted by Gasteiger charge is -2.29. The molecule has 0 aliphatic carbocycles. The molecule has 0 bridgehead atoms. The van der Waals surface area contributed by atoms with Crippen LogP contribution in [0.1, 0.15) is 25.0 Å². The molecule has 1 rings (SSSR count). The summed E-state index contributed by atoms with van der Waals surface area (Å²) in [5.74, 6) is 0.944. The van der Waals surface area contributed by atoms with Crippen LogP contribution in [0.4, 0.5) is 5.69 Å². The van der Waals surface area contributed by atoms with E-state index in [1.807, 2.05) is 13.1 Å². The summed E-state index contributed by atoms with van der Waals surface area (Å²) in [4.78, 5) is 0. The van der Waals surface area contributed by atoms with E-state index in [4.69, 9.17) is 4.74 Å². The van der Waals surface area contributed by atoms with E-state index < -0.39 is 0 Å². The average molecular weight is 236 g/mol. The van der Waals surface area contributed by atoms with E-state index >= 15 is 0 Å². The number of rotatable bonds is 5. The highest BCUT2D eigenvalue weighted by atomic mass is 16.5. The monoisotopic (exact) mass is 236 g/mol. The van der Waals surface area contributed by atoms with Gasteiger partial charge in [0.05, 0.1) is 7.11 Å². The van der Waals surface area contributed by atoms with Crippen LogP contribution in [0.2, 0.25) is 0 Å². The van der Waals surface area contributed by atoms with Gasteiger partial charge in [-0.2, -0.15) is 0 Å². The molecule has 0 aliphatic rings. The van der Waals surface area contributed by atoms with E-state index in [2.05, 4.69) is 44.4 Å². The molecule has 0 heterocycles. The van der Waals surface area contributed by atoms with E-state index in [0.29, 0.717) is 0 Å². The Morgan fingerprint density at radius 1 is 1.18 bits per heavy atom. The Bertz CT molecular complexity index is 386. The molecule has 0 saturated carbocycles. The summed E-state index contributed by atoms with van der Waals surface area (Å²) >= 11 is 0. The van der Waals surface area contributed by atoms with Crippen LogP contribution in [0.15, 0.2) is 12.1 Å². The van der Waals surface area contributed by atoms with Gasteiger partial charge >= 0.3 is 0 Å². The van der Waals surface area contributed by atoms with E-state index in [1.54, 1.807) is 7.11 Å². The largest absolute Gasteiger partial charge is 0.496 e. The molecule has 0 spiro atoms. The van der Waals surface area contributed by atoms with Gasteiger partial charge in [0.1, 0.15) is 5.75 Å². The lowest BCUT2D eigenvalue weighted by atomic mass is 10.0. The molecule has 0 amide bonds. The zero-order valence-electron chi connectivity index (χ0n) is 11.8. The average Bonchev–Trinajstić information content (AvgIpc) is 2.25. The minimum absolute atomic E-state index is 0.0283. The number of likely N-dealkylation sites (N-methyl/N-ethyl adjacent to an activating group) is 1. The van der Waals surface area contributed by atoms with Crippen molar-refractivity contribution in [2.45, 2.75) is 33.2 Å². The molecule has 1 aromatic carbocycles. The van der Waals surface area contributed by atoms with Crippen LogP contribution >= 0.6 is 0 Å². The smallest absolute Gasteiger partial charge is 0.122 e. The third kappa shape index (κ3) is 3.37. The molecule has 3 heteroatoms. The number of nitrogens with one attached hydrogen (secondary N) is 2. The number of hydrogen-bond acceptors (Lipinski definition) is 3. The van der Waals surface area contributed by atoms with Crippen molar-refractivity contribution in [3.63, 3.8) is 0 Å². The molecule has 3 nitrogen and oxygen atoms in total. The van der Waals surface area contributed by atoms with Crippen molar-refractivity contribution in [3.8, 4) is 5.75 Å². The molecule has 0 unspecified atom stereocenters. The lowest BCUT2D eigenvalue weighted by molar-refractivity contribution is 0.411. The predicted octanol–water partition coefficient (Wildman–Crippen LogP) is 2.72. The van der Waals surface area contributed by atoms with Crippen molar-refractivity contribution in [2.75, 3.05) is 26.0 Å². The Balaban J connectivity index is 2.97. The van der Waals surface area contributed by atoms with Gasteiger partial charge in [0, 0.05) is 17.8 Å². The fourth-order valence-electron chi connectivity index (χ4n) is 2.00. The molecule has 0 atom stereocenters. The molecule has 0 radical (unpaired) electrons. The first-order valence-electron chi connectivity index (χ1n) is 5.98. The SMILES string of the molecule is CNCC(C)(C)Nc1ccc(OC)c(C)c1C. The number of hydrogen-bond donors (Lipinski definition) is 2. The van der Waals surface area contributed by atoms with Gasteiger partial charge in [-0.05, 0) is 58.0 Å². The maximum Gasteiger partial charge on any atom is 0.122 e. The lowest BCUT2D eigenvalue weighted by Crippen LogP contribution is -2.40. The van der Waals surface area contributed by atoms with E-state index in [9.17, 15) is 0 Å². The normalized spacial score (nSPS) is 11.4. The van der Waals surface area contributed by atoms with Crippen LogP contribution in [0, 0.1) is 13.8 Å². The zero-order chi connectivity index (χ0) is 13.1. The molecule has 96 valence electrons. The molecule has 0 saturated heterocycles. The summed E-state index contributed by atoms with van der Waals surface area (Å²) in [7, 11) is 3.68. The standard InChI is InChI=1S/C14H24N2O/c1-10-11(2)13(17-6)8-7-12(10)16-14(3,4)9-15-5/h7-8,15-16H,9H2,1-6H3. The van der Waals surface area contributed by atoms with Crippen LogP contribution in [0.3, 0.4) is 0 Å². The summed E-state index contributed by atoms with van der Waals surface area (Å²) in [6.45, 7) is 9.49. The van der Waals surface area contributed by atoms with Crippen LogP contribution in [0.5, 0.6) is 5.75 Å². The molecule has 0 aliphatic heterocycles. The first-order chi connectivity index (χ1) is 7.91. The van der Waals surface area contributed by atoms with Crippen molar-refractivity contribution in [1.29, 1.82) is 0 Å². The third-order valence-electron chi connectivity index (χ3n) is 3.05. The van der Waals surface area contributed by atoms with E-state index in [-0.39, 0.29) is 5.54 Å². The predicted molar refractivity (Wildman–Crippen MR) is 74.1 cm³/mol. The first-order valence-corrected chi connectivity index (χ1v) is 5.98. The quantitative estimate of drug-likeness (QED) is 0.824. The van der Waals surface area contributed by atoms with Crippen molar-refractivity contribution >= 4 is 5.69 Å². The number of anilines is 1. The Hall–Kier alpha value is -1.22. The molecule has 2 N–H and O–H groups in total. The Labute approximate surface area is 105 Å². The fourth-order valence-corrected chi connectivity index (χ4v) is 2.00. The van der Waals surface area contributed by atoms with Crippen LogP contribution in [0.25, 0.3) is 0 Å². The number of benzene rings is 1. The molecule has 1 aromatic rings. The van der Waals surface area contributed by atoms with Gasteiger partial charge in [0.25, 0.3) is 0 Å². The van der Waals surface area contributed by atoms with Gasteiger partial charge in [0.15, 0.2) is 0 Å². The second-order valence-corrected chi connectivity index (χ2v) is 5.10. The number of ether oxygens (including phenoxy) is 1. The van der Waals surface area contributed by atoms with Crippen LogP contribution in [-0.4, -0.2) is 26.2 Å². The molecular formula is C14H24N2O. The topological polar surface area (TPSA) is 33.3 Å². The van der Waals surface area contributed by atoms with Crippen molar-refractivity contribution in [3.05, 3.63) is 23.3 Å². The molecule has 0 fully saturated rings. The second kappa shape index (κ2) is 5.41. The van der Waals surface area contributed by atoms with Gasteiger partial charge in [-0.25, -0.2) is 0 Å². The summed E-state index contributed by atoms with van der Waals surface area (Å²) in [6.07, 6.45) is 0. The van der Waals surface area contributed by atoms with Gasteiger partial charge in [0.2, 0.25) is 0 Å². The Morgan fingerprint density at radius 2 is 1.82 bits per heavy atom. The number of methoxy groups -OCH3 is 1. The molecule has 17 heavy (non-hydrogen) atoms. The zero-order valence-corrected chi connectivity index (χ0v) is 11.8. The summed E-state index contributed by atoms with van der Waals surface area (Å²) in [6, 6.07) is 4.10.